The van der Waals surface area contributed by atoms with Crippen LogP contribution in [-0.4, -0.2) is 40.0 Å². The van der Waals surface area contributed by atoms with Crippen molar-refractivity contribution in [2.75, 3.05) is 0 Å². The largest absolute Gasteiger partial charge is 0.480 e. The number of piperidine rings is 1. The van der Waals surface area contributed by atoms with Gasteiger partial charge in [-0.05, 0) is 50.9 Å². The molecule has 0 aromatic rings. The first-order valence-electron chi connectivity index (χ1n) is 8.38. The maximum atomic E-state index is 12.9. The number of hydrogen-bond donors (Lipinski definition) is 2. The molecule has 0 aromatic carbocycles. The zero-order chi connectivity index (χ0) is 15.0. The molecule has 3 aliphatic rings. The summed E-state index contributed by atoms with van der Waals surface area (Å²) in [7, 11) is 0. The fraction of sp³-hybridized carbons (Fsp3) is 0.875. The Morgan fingerprint density at radius 2 is 1.76 bits per heavy atom. The van der Waals surface area contributed by atoms with Crippen LogP contribution in [0, 0.1) is 11.8 Å². The van der Waals surface area contributed by atoms with E-state index in [0.29, 0.717) is 12.3 Å². The molecule has 0 aromatic heterocycles. The van der Waals surface area contributed by atoms with Gasteiger partial charge in [0.2, 0.25) is 5.91 Å². The number of aliphatic carboxylic acids is 1. The van der Waals surface area contributed by atoms with Crippen molar-refractivity contribution in [3.8, 4) is 0 Å². The first-order chi connectivity index (χ1) is 10.1. The van der Waals surface area contributed by atoms with Crippen LogP contribution in [0.5, 0.6) is 0 Å². The van der Waals surface area contributed by atoms with E-state index in [1.54, 1.807) is 4.90 Å². The van der Waals surface area contributed by atoms with E-state index in [0.717, 1.165) is 44.9 Å². The molecule has 3 N–H and O–H groups in total. The second kappa shape index (κ2) is 5.95. The number of fused-ring (bicyclic) bond motifs is 1. The van der Waals surface area contributed by atoms with Crippen molar-refractivity contribution >= 4 is 11.9 Å². The molecule has 5 unspecified atom stereocenters. The molecular weight excluding hydrogens is 268 g/mol. The topological polar surface area (TPSA) is 83.6 Å². The number of nitrogens with two attached hydrogens (primary N) is 1. The van der Waals surface area contributed by atoms with Crippen molar-refractivity contribution in [1.82, 2.24) is 4.90 Å². The van der Waals surface area contributed by atoms with E-state index in [1.807, 2.05) is 0 Å². The molecule has 3 rings (SSSR count). The minimum atomic E-state index is -0.838. The van der Waals surface area contributed by atoms with Crippen LogP contribution in [-0.2, 0) is 9.59 Å². The second-order valence-corrected chi connectivity index (χ2v) is 7.06. The first kappa shape index (κ1) is 14.8. The number of rotatable bonds is 2. The van der Waals surface area contributed by atoms with Crippen LogP contribution in [0.1, 0.15) is 57.8 Å². The summed E-state index contributed by atoms with van der Waals surface area (Å²) in [5.74, 6) is -0.322. The van der Waals surface area contributed by atoms with Crippen molar-refractivity contribution in [1.29, 1.82) is 0 Å². The molecule has 5 atom stereocenters. The molecule has 0 bridgehead atoms. The normalized spacial score (nSPS) is 39.9. The fourth-order valence-electron chi connectivity index (χ4n) is 4.64. The van der Waals surface area contributed by atoms with Crippen molar-refractivity contribution < 1.29 is 14.7 Å². The number of carbonyl (C=O) groups is 2. The van der Waals surface area contributed by atoms with Gasteiger partial charge in [0, 0.05) is 18.0 Å². The van der Waals surface area contributed by atoms with Crippen molar-refractivity contribution in [3.63, 3.8) is 0 Å². The number of carboxylic acid groups (broad SMARTS) is 1. The van der Waals surface area contributed by atoms with Gasteiger partial charge in [-0.15, -0.1) is 0 Å². The number of carboxylic acids is 1. The summed E-state index contributed by atoms with van der Waals surface area (Å²) < 4.78 is 0. The Bertz CT molecular complexity index is 426. The Morgan fingerprint density at radius 1 is 1.00 bits per heavy atom. The van der Waals surface area contributed by atoms with Crippen molar-refractivity contribution in [2.24, 2.45) is 17.6 Å². The minimum Gasteiger partial charge on any atom is -0.480 e. The summed E-state index contributed by atoms with van der Waals surface area (Å²) in [4.78, 5) is 26.3. The highest BCUT2D eigenvalue weighted by Crippen LogP contribution is 2.40. The Labute approximate surface area is 125 Å². The van der Waals surface area contributed by atoms with E-state index in [1.165, 1.54) is 6.42 Å². The number of nitrogens with zero attached hydrogens (tertiary/aromatic N) is 1. The van der Waals surface area contributed by atoms with Crippen LogP contribution in [0.3, 0.4) is 0 Å². The second-order valence-electron chi connectivity index (χ2n) is 7.06. The first-order valence-corrected chi connectivity index (χ1v) is 8.38. The summed E-state index contributed by atoms with van der Waals surface area (Å²) in [5.41, 5.74) is 5.93. The smallest absolute Gasteiger partial charge is 0.326 e. The van der Waals surface area contributed by atoms with E-state index < -0.39 is 12.0 Å². The van der Waals surface area contributed by atoms with Gasteiger partial charge in [-0.2, -0.15) is 0 Å². The molecule has 2 saturated carbocycles. The average molecular weight is 294 g/mol. The highest BCUT2D eigenvalue weighted by Gasteiger charge is 2.46. The summed E-state index contributed by atoms with van der Waals surface area (Å²) in [6, 6.07) is -0.360. The van der Waals surface area contributed by atoms with Crippen LogP contribution in [0.2, 0.25) is 0 Å². The average Bonchev–Trinajstić information content (AvgIpc) is 2.91. The molecule has 1 amide bonds. The summed E-state index contributed by atoms with van der Waals surface area (Å²) >= 11 is 0. The lowest BCUT2D eigenvalue weighted by Crippen LogP contribution is -2.58. The van der Waals surface area contributed by atoms with E-state index in [9.17, 15) is 14.7 Å². The van der Waals surface area contributed by atoms with E-state index in [2.05, 4.69) is 0 Å². The number of carbonyl (C=O) groups excluding carboxylic acids is 1. The van der Waals surface area contributed by atoms with Crippen LogP contribution >= 0.6 is 0 Å². The van der Waals surface area contributed by atoms with Gasteiger partial charge in [0.1, 0.15) is 6.04 Å². The predicted molar refractivity (Wildman–Crippen MR) is 78.6 cm³/mol. The zero-order valence-electron chi connectivity index (χ0n) is 12.5. The van der Waals surface area contributed by atoms with Gasteiger partial charge < -0.3 is 15.7 Å². The van der Waals surface area contributed by atoms with Gasteiger partial charge in [-0.1, -0.05) is 12.8 Å². The molecular formula is C16H26N2O3. The van der Waals surface area contributed by atoms with Gasteiger partial charge in [0.25, 0.3) is 0 Å². The quantitative estimate of drug-likeness (QED) is 0.812. The molecule has 1 saturated heterocycles. The number of hydrogen-bond acceptors (Lipinski definition) is 3. The molecule has 21 heavy (non-hydrogen) atoms. The van der Waals surface area contributed by atoms with Gasteiger partial charge in [-0.25, -0.2) is 4.79 Å². The maximum Gasteiger partial charge on any atom is 0.326 e. The van der Waals surface area contributed by atoms with Gasteiger partial charge in [0.05, 0.1) is 0 Å². The lowest BCUT2D eigenvalue weighted by Gasteiger charge is -2.48. The molecule has 0 radical (unpaired) electrons. The van der Waals surface area contributed by atoms with Crippen LogP contribution in [0.15, 0.2) is 0 Å². The Hall–Kier alpha value is -1.10. The molecule has 1 aliphatic heterocycles. The Balaban J connectivity index is 1.81. The molecule has 3 fully saturated rings. The molecule has 2 aliphatic carbocycles. The highest BCUT2D eigenvalue weighted by atomic mass is 16.4. The van der Waals surface area contributed by atoms with Crippen molar-refractivity contribution in [2.45, 2.75) is 75.9 Å². The van der Waals surface area contributed by atoms with Crippen LogP contribution in [0.25, 0.3) is 0 Å². The summed E-state index contributed by atoms with van der Waals surface area (Å²) in [5, 5.41) is 9.52. The molecule has 0 spiro atoms. The Morgan fingerprint density at radius 3 is 2.43 bits per heavy atom. The molecule has 1 heterocycles. The number of amides is 1. The van der Waals surface area contributed by atoms with Gasteiger partial charge in [0.15, 0.2) is 0 Å². The maximum absolute atomic E-state index is 12.9. The predicted octanol–water partition coefficient (Wildman–Crippen LogP) is 1.75. The summed E-state index contributed by atoms with van der Waals surface area (Å²) in [6.45, 7) is 0. The fourth-order valence-corrected chi connectivity index (χ4v) is 4.64. The monoisotopic (exact) mass is 294 g/mol. The van der Waals surface area contributed by atoms with E-state index in [4.69, 9.17) is 5.73 Å². The van der Waals surface area contributed by atoms with Gasteiger partial charge in [-0.3, -0.25) is 4.79 Å². The third kappa shape index (κ3) is 2.80. The van der Waals surface area contributed by atoms with Gasteiger partial charge >= 0.3 is 5.97 Å². The van der Waals surface area contributed by atoms with Crippen LogP contribution < -0.4 is 5.73 Å². The lowest BCUT2D eigenvalue weighted by molar-refractivity contribution is -0.160. The molecule has 118 valence electrons. The minimum absolute atomic E-state index is 0.0532. The van der Waals surface area contributed by atoms with Crippen LogP contribution in [0.4, 0.5) is 0 Å². The molecule has 5 heteroatoms. The standard InChI is InChI=1S/C16H26N2O3/c17-12-7-5-11(9-12)15(19)18-13-4-2-1-3-10(13)6-8-14(18)16(20)21/h10-14H,1-9,17H2,(H,20,21). The SMILES string of the molecule is NC1CCC(C(=O)N2C(C(=O)O)CCC3CCCCC32)C1. The number of likely N-dealkylation sites (tertiary alicyclic amines) is 1. The zero-order valence-corrected chi connectivity index (χ0v) is 12.5. The van der Waals surface area contributed by atoms with Crippen molar-refractivity contribution in [3.05, 3.63) is 0 Å². The molecule has 5 nitrogen and oxygen atoms in total. The van der Waals surface area contributed by atoms with E-state index >= 15 is 0 Å². The lowest BCUT2D eigenvalue weighted by atomic mass is 9.75. The Kier molecular flexibility index (Phi) is 4.20. The third-order valence-corrected chi connectivity index (χ3v) is 5.73. The highest BCUT2D eigenvalue weighted by molar-refractivity contribution is 5.86. The van der Waals surface area contributed by atoms with E-state index in [-0.39, 0.29) is 23.9 Å². The summed E-state index contributed by atoms with van der Waals surface area (Å²) in [6.07, 6.45) is 8.44. The third-order valence-electron chi connectivity index (χ3n) is 5.73.